The van der Waals surface area contributed by atoms with Gasteiger partial charge in [-0.05, 0) is 38.7 Å². The highest BCUT2D eigenvalue weighted by Gasteiger charge is 2.20. The number of carboxylic acid groups (broad SMARTS) is 1. The van der Waals surface area contributed by atoms with Crippen molar-refractivity contribution < 1.29 is 14.7 Å². The summed E-state index contributed by atoms with van der Waals surface area (Å²) in [6.07, 6.45) is 0.776. The summed E-state index contributed by atoms with van der Waals surface area (Å²) in [4.78, 5) is 22.7. The largest absolute Gasteiger partial charge is 0.478 e. The van der Waals surface area contributed by atoms with Crippen molar-refractivity contribution in [1.82, 2.24) is 4.37 Å². The van der Waals surface area contributed by atoms with E-state index >= 15 is 0 Å². The second kappa shape index (κ2) is 5.45. The van der Waals surface area contributed by atoms with Crippen molar-refractivity contribution in [2.24, 2.45) is 5.73 Å². The highest BCUT2D eigenvalue weighted by Crippen LogP contribution is 2.24. The first kappa shape index (κ1) is 14.6. The molecule has 1 heterocycles. The predicted molar refractivity (Wildman–Crippen MR) is 69.9 cm³/mol. The molecule has 0 fully saturated rings. The van der Waals surface area contributed by atoms with Crippen LogP contribution in [-0.2, 0) is 4.79 Å². The molecular formula is C11H17N3O3S. The van der Waals surface area contributed by atoms with Crippen LogP contribution in [0.2, 0.25) is 0 Å². The lowest BCUT2D eigenvalue weighted by molar-refractivity contribution is -0.116. The number of carbonyl (C=O) groups excluding carboxylic acids is 1. The first-order chi connectivity index (χ1) is 8.20. The van der Waals surface area contributed by atoms with Crippen LogP contribution >= 0.6 is 11.5 Å². The Morgan fingerprint density at radius 1 is 1.50 bits per heavy atom. The molecule has 6 nitrogen and oxygen atoms in total. The van der Waals surface area contributed by atoms with E-state index < -0.39 is 11.5 Å². The molecular weight excluding hydrogens is 254 g/mol. The number of aromatic nitrogens is 1. The number of carboxylic acids is 1. The van der Waals surface area contributed by atoms with Gasteiger partial charge < -0.3 is 16.2 Å². The first-order valence-electron chi connectivity index (χ1n) is 5.49. The number of nitrogens with one attached hydrogen (secondary N) is 1. The number of aryl methyl sites for hydroxylation is 1. The van der Waals surface area contributed by atoms with Gasteiger partial charge in [-0.25, -0.2) is 4.79 Å². The number of hydrogen-bond acceptors (Lipinski definition) is 5. The van der Waals surface area contributed by atoms with E-state index in [0.717, 1.165) is 11.5 Å². The fourth-order valence-corrected chi connectivity index (χ4v) is 2.14. The van der Waals surface area contributed by atoms with Crippen LogP contribution < -0.4 is 11.1 Å². The van der Waals surface area contributed by atoms with Gasteiger partial charge in [0.1, 0.15) is 10.6 Å². The lowest BCUT2D eigenvalue weighted by Crippen LogP contribution is -2.33. The van der Waals surface area contributed by atoms with E-state index in [2.05, 4.69) is 9.69 Å². The number of nitrogens with two attached hydrogens (primary N) is 1. The van der Waals surface area contributed by atoms with Crippen LogP contribution in [0.25, 0.3) is 0 Å². The summed E-state index contributed by atoms with van der Waals surface area (Å²) >= 11 is 0.972. The van der Waals surface area contributed by atoms with E-state index in [9.17, 15) is 9.59 Å². The monoisotopic (exact) mass is 271 g/mol. The summed E-state index contributed by atoms with van der Waals surface area (Å²) in [7, 11) is 0. The lowest BCUT2D eigenvalue weighted by Gasteiger charge is -2.17. The molecule has 1 aromatic heterocycles. The summed E-state index contributed by atoms with van der Waals surface area (Å²) < 4.78 is 3.92. The number of carbonyl (C=O) groups is 2. The van der Waals surface area contributed by atoms with E-state index in [0.29, 0.717) is 12.1 Å². The highest BCUT2D eigenvalue weighted by molar-refractivity contribution is 7.11. The van der Waals surface area contributed by atoms with Crippen LogP contribution in [0.5, 0.6) is 0 Å². The molecule has 0 unspecified atom stereocenters. The Kier molecular flexibility index (Phi) is 4.42. The predicted octanol–water partition coefficient (Wildman–Crippen LogP) is 1.61. The van der Waals surface area contributed by atoms with Gasteiger partial charge in [0.2, 0.25) is 5.91 Å². The quantitative estimate of drug-likeness (QED) is 0.754. The number of amides is 1. The van der Waals surface area contributed by atoms with Crippen molar-refractivity contribution in [1.29, 1.82) is 0 Å². The maximum atomic E-state index is 11.7. The van der Waals surface area contributed by atoms with E-state index in [4.69, 9.17) is 10.8 Å². The van der Waals surface area contributed by atoms with Crippen LogP contribution in [0.15, 0.2) is 0 Å². The molecule has 0 aliphatic carbocycles. The minimum absolute atomic E-state index is 0.0559. The highest BCUT2D eigenvalue weighted by atomic mass is 32.1. The van der Waals surface area contributed by atoms with Crippen molar-refractivity contribution in [2.45, 2.75) is 39.2 Å². The van der Waals surface area contributed by atoms with E-state index in [1.165, 1.54) is 0 Å². The molecule has 18 heavy (non-hydrogen) atoms. The molecule has 0 aliphatic heterocycles. The molecule has 0 atom stereocenters. The molecule has 0 saturated carbocycles. The van der Waals surface area contributed by atoms with Gasteiger partial charge in [0.15, 0.2) is 0 Å². The number of anilines is 1. The summed E-state index contributed by atoms with van der Waals surface area (Å²) in [5, 5.41) is 11.8. The smallest absolute Gasteiger partial charge is 0.340 e. The van der Waals surface area contributed by atoms with Gasteiger partial charge in [-0.2, -0.15) is 4.37 Å². The molecule has 0 radical (unpaired) electrons. The molecule has 1 aromatic rings. The van der Waals surface area contributed by atoms with Crippen molar-refractivity contribution in [2.75, 3.05) is 5.32 Å². The van der Waals surface area contributed by atoms with Crippen LogP contribution in [-0.4, -0.2) is 26.9 Å². The van der Waals surface area contributed by atoms with Gasteiger partial charge in [-0.3, -0.25) is 4.79 Å². The van der Waals surface area contributed by atoms with Gasteiger partial charge in [0.25, 0.3) is 0 Å². The Hall–Kier alpha value is -1.47. The molecule has 0 aromatic carbocycles. The SMILES string of the molecule is Cc1nsc(NC(=O)CCC(C)(C)N)c1C(=O)O. The zero-order chi connectivity index (χ0) is 13.9. The van der Waals surface area contributed by atoms with Gasteiger partial charge in [-0.1, -0.05) is 0 Å². The number of nitrogens with zero attached hydrogens (tertiary/aromatic N) is 1. The average molecular weight is 271 g/mol. The number of aromatic carboxylic acids is 1. The molecule has 1 amide bonds. The van der Waals surface area contributed by atoms with Gasteiger partial charge in [0, 0.05) is 12.0 Å². The molecule has 4 N–H and O–H groups in total. The van der Waals surface area contributed by atoms with Crippen LogP contribution in [0.1, 0.15) is 42.7 Å². The van der Waals surface area contributed by atoms with Crippen LogP contribution in [0, 0.1) is 6.92 Å². The second-order valence-electron chi connectivity index (χ2n) is 4.81. The molecule has 7 heteroatoms. The fourth-order valence-electron chi connectivity index (χ4n) is 1.33. The molecule has 1 rings (SSSR count). The Morgan fingerprint density at radius 2 is 2.11 bits per heavy atom. The maximum Gasteiger partial charge on any atom is 0.340 e. The third-order valence-electron chi connectivity index (χ3n) is 2.33. The maximum absolute atomic E-state index is 11.7. The Bertz CT molecular complexity index is 463. The Labute approximate surface area is 109 Å². The van der Waals surface area contributed by atoms with Crippen molar-refractivity contribution in [3.63, 3.8) is 0 Å². The van der Waals surface area contributed by atoms with E-state index in [1.54, 1.807) is 6.92 Å². The van der Waals surface area contributed by atoms with Crippen LogP contribution in [0.4, 0.5) is 5.00 Å². The topological polar surface area (TPSA) is 105 Å². The Balaban J connectivity index is 2.68. The lowest BCUT2D eigenvalue weighted by atomic mass is 10.00. The summed E-state index contributed by atoms with van der Waals surface area (Å²) in [6, 6.07) is 0. The normalized spacial score (nSPS) is 11.3. The van der Waals surface area contributed by atoms with Gasteiger partial charge in [0.05, 0.1) is 5.69 Å². The molecule has 0 aliphatic rings. The third kappa shape index (κ3) is 4.08. The molecule has 0 bridgehead atoms. The van der Waals surface area contributed by atoms with E-state index in [1.807, 2.05) is 13.8 Å². The number of hydrogen-bond donors (Lipinski definition) is 3. The first-order valence-corrected chi connectivity index (χ1v) is 6.26. The molecule has 0 saturated heterocycles. The number of rotatable bonds is 5. The minimum Gasteiger partial charge on any atom is -0.478 e. The average Bonchev–Trinajstić information content (AvgIpc) is 2.55. The van der Waals surface area contributed by atoms with Crippen molar-refractivity contribution in [3.8, 4) is 0 Å². The van der Waals surface area contributed by atoms with Crippen LogP contribution in [0.3, 0.4) is 0 Å². The van der Waals surface area contributed by atoms with Gasteiger partial charge in [-0.15, -0.1) is 0 Å². The fraction of sp³-hybridized carbons (Fsp3) is 0.545. The van der Waals surface area contributed by atoms with E-state index in [-0.39, 0.29) is 22.9 Å². The second-order valence-corrected chi connectivity index (χ2v) is 5.59. The Morgan fingerprint density at radius 3 is 2.61 bits per heavy atom. The van der Waals surface area contributed by atoms with Crippen molar-refractivity contribution >= 4 is 28.4 Å². The summed E-state index contributed by atoms with van der Waals surface area (Å²) in [5.41, 5.74) is 5.82. The zero-order valence-electron chi connectivity index (χ0n) is 10.6. The molecule has 0 spiro atoms. The summed E-state index contributed by atoms with van der Waals surface area (Å²) in [6.45, 7) is 5.26. The minimum atomic E-state index is -1.09. The summed E-state index contributed by atoms with van der Waals surface area (Å²) in [5.74, 6) is -1.34. The van der Waals surface area contributed by atoms with Crippen molar-refractivity contribution in [3.05, 3.63) is 11.3 Å². The molecule has 100 valence electrons. The zero-order valence-corrected chi connectivity index (χ0v) is 11.4. The van der Waals surface area contributed by atoms with Gasteiger partial charge >= 0.3 is 5.97 Å². The third-order valence-corrected chi connectivity index (χ3v) is 3.18. The standard InChI is InChI=1S/C11H17N3O3S/c1-6-8(10(16)17)9(18-14-6)13-7(15)4-5-11(2,3)12/h4-5,12H2,1-3H3,(H,13,15)(H,16,17).